The molecule has 33 heavy (non-hydrogen) atoms. The summed E-state index contributed by atoms with van der Waals surface area (Å²) in [5.41, 5.74) is 2.64. The molecule has 3 aliphatic rings. The van der Waals surface area contributed by atoms with Gasteiger partial charge in [0.05, 0.1) is 12.7 Å². The number of benzene rings is 1. The average Bonchev–Trinajstić information content (AvgIpc) is 2.75. The molecule has 0 saturated carbocycles. The molecule has 174 valence electrons. The van der Waals surface area contributed by atoms with Crippen molar-refractivity contribution in [1.29, 1.82) is 0 Å². The summed E-state index contributed by atoms with van der Waals surface area (Å²) in [6, 6.07) is 2.91. The number of fused-ring (bicyclic) bond motifs is 3. The molecule has 6 N–H and O–H groups in total. The first-order chi connectivity index (χ1) is 15.5. The number of carbonyl (C=O) groups is 4. The van der Waals surface area contributed by atoms with E-state index in [1.165, 1.54) is 13.2 Å². The zero-order chi connectivity index (χ0) is 24.2. The molecule has 1 aromatic carbocycles. The Morgan fingerprint density at radius 2 is 1.88 bits per heavy atom. The van der Waals surface area contributed by atoms with Crippen molar-refractivity contribution in [3.8, 4) is 5.75 Å². The second-order valence-corrected chi connectivity index (χ2v) is 8.58. The maximum Gasteiger partial charge on any atom is 0.305 e. The van der Waals surface area contributed by atoms with Gasteiger partial charge in [-0.3, -0.25) is 19.2 Å². The average molecular weight is 457 g/mol. The van der Waals surface area contributed by atoms with Crippen LogP contribution in [0.15, 0.2) is 34.8 Å². The Kier molecular flexibility index (Phi) is 5.28. The summed E-state index contributed by atoms with van der Waals surface area (Å²) in [5, 5.41) is 42.7. The van der Waals surface area contributed by atoms with E-state index in [9.17, 15) is 39.6 Å². The first kappa shape index (κ1) is 22.5. The number of hydrogen-bond acceptors (Lipinski definition) is 9. The Bertz CT molecular complexity index is 1180. The number of nitrogens with two attached hydrogens (primary N) is 1. The third-order valence-corrected chi connectivity index (χ3v) is 6.87. The quantitative estimate of drug-likeness (QED) is 0.320. The number of phenolic OH excluding ortho intramolecular Hbond substituents is 1. The van der Waals surface area contributed by atoms with E-state index in [0.29, 0.717) is 11.1 Å². The fourth-order valence-electron chi connectivity index (χ4n) is 5.26. The number of ketones is 2. The third-order valence-electron chi connectivity index (χ3n) is 6.87. The molecule has 0 unspecified atom stereocenters. The molecule has 4 rings (SSSR count). The van der Waals surface area contributed by atoms with E-state index in [1.54, 1.807) is 6.07 Å². The second-order valence-electron chi connectivity index (χ2n) is 8.58. The molecule has 10 heteroatoms. The molecule has 0 radical (unpaired) electrons. The predicted octanol–water partition coefficient (Wildman–Crippen LogP) is 0.686. The predicted molar refractivity (Wildman–Crippen MR) is 111 cm³/mol. The van der Waals surface area contributed by atoms with Crippen molar-refractivity contribution in [3.63, 3.8) is 0 Å². The number of aliphatic hydroxyl groups excluding tert-OH is 2. The van der Waals surface area contributed by atoms with Gasteiger partial charge in [-0.05, 0) is 42.4 Å². The number of rotatable bonds is 4. The highest BCUT2D eigenvalue weighted by atomic mass is 16.5. The third kappa shape index (κ3) is 3.20. The SMILES string of the molecule is COC(=O)CCc1ccc(O)c2c1C[C@H]1C[C@H]3CC(O)=C(C(N)=O)C(=O)[C@@]3(O)C(O)=C1C2=O. The van der Waals surface area contributed by atoms with Gasteiger partial charge in [0, 0.05) is 24.3 Å². The Balaban J connectivity index is 1.82. The lowest BCUT2D eigenvalue weighted by Crippen LogP contribution is -2.57. The van der Waals surface area contributed by atoms with Crippen molar-refractivity contribution in [1.82, 2.24) is 0 Å². The molecule has 0 fully saturated rings. The van der Waals surface area contributed by atoms with Crippen LogP contribution in [0.3, 0.4) is 0 Å². The van der Waals surface area contributed by atoms with E-state index in [2.05, 4.69) is 4.74 Å². The van der Waals surface area contributed by atoms with E-state index in [1.807, 2.05) is 0 Å². The van der Waals surface area contributed by atoms with Gasteiger partial charge in [-0.2, -0.15) is 0 Å². The largest absolute Gasteiger partial charge is 0.511 e. The first-order valence-corrected chi connectivity index (χ1v) is 10.4. The highest BCUT2D eigenvalue weighted by molar-refractivity contribution is 6.24. The van der Waals surface area contributed by atoms with Gasteiger partial charge < -0.3 is 30.9 Å². The minimum atomic E-state index is -2.59. The number of phenols is 1. The lowest BCUT2D eigenvalue weighted by atomic mass is 9.60. The number of aromatic hydroxyl groups is 1. The van der Waals surface area contributed by atoms with Gasteiger partial charge in [0.2, 0.25) is 5.78 Å². The first-order valence-electron chi connectivity index (χ1n) is 10.4. The van der Waals surface area contributed by atoms with Gasteiger partial charge in [0.1, 0.15) is 22.8 Å². The Labute approximate surface area is 188 Å². The zero-order valence-corrected chi connectivity index (χ0v) is 17.8. The Morgan fingerprint density at radius 1 is 1.18 bits per heavy atom. The van der Waals surface area contributed by atoms with Crippen molar-refractivity contribution in [2.75, 3.05) is 7.11 Å². The molecule has 0 aliphatic heterocycles. The molecule has 10 nitrogen and oxygen atoms in total. The summed E-state index contributed by atoms with van der Waals surface area (Å²) in [5.74, 6) is -7.12. The van der Waals surface area contributed by atoms with Crippen LogP contribution in [-0.2, 0) is 32.0 Å². The van der Waals surface area contributed by atoms with Crippen LogP contribution in [0.5, 0.6) is 5.75 Å². The van der Waals surface area contributed by atoms with Gasteiger partial charge >= 0.3 is 5.97 Å². The van der Waals surface area contributed by atoms with Crippen LogP contribution < -0.4 is 5.73 Å². The lowest BCUT2D eigenvalue weighted by Gasteiger charge is -2.45. The number of esters is 1. The van der Waals surface area contributed by atoms with Crippen LogP contribution in [-0.4, -0.2) is 56.6 Å². The van der Waals surface area contributed by atoms with Gasteiger partial charge in [0.25, 0.3) is 5.91 Å². The number of allylic oxidation sites excluding steroid dienone is 2. The molecule has 0 spiro atoms. The number of ether oxygens (including phenoxy) is 1. The molecule has 0 saturated heterocycles. The normalized spacial score (nSPS) is 26.5. The summed E-state index contributed by atoms with van der Waals surface area (Å²) in [6.07, 6.45) is 0.280. The molecule has 3 atom stereocenters. The topological polar surface area (TPSA) is 184 Å². The minimum Gasteiger partial charge on any atom is -0.511 e. The van der Waals surface area contributed by atoms with E-state index in [4.69, 9.17) is 5.73 Å². The van der Waals surface area contributed by atoms with Gasteiger partial charge in [-0.15, -0.1) is 0 Å². The van der Waals surface area contributed by atoms with Gasteiger partial charge in [-0.25, -0.2) is 0 Å². The Morgan fingerprint density at radius 3 is 2.52 bits per heavy atom. The smallest absolute Gasteiger partial charge is 0.305 e. The fourth-order valence-corrected chi connectivity index (χ4v) is 5.26. The number of carbonyl (C=O) groups excluding carboxylic acids is 4. The lowest BCUT2D eigenvalue weighted by molar-refractivity contribution is -0.144. The number of Topliss-reactive ketones (excluding diaryl/α,β-unsaturated/α-hetero) is 2. The standard InChI is InChI=1S/C23H23NO9/c1-33-15(27)5-3-9-2-4-13(25)17-12(9)7-10-6-11-8-14(26)18(22(24)31)21(30)23(11,32)20(29)16(10)19(17)28/h2,4,10-11,25-26,29,32H,3,5-8H2,1H3,(H2,24,31)/t10-,11+,23+/m1/s1. The summed E-state index contributed by atoms with van der Waals surface area (Å²) in [6.45, 7) is 0. The highest BCUT2D eigenvalue weighted by Crippen LogP contribution is 2.51. The molecule has 3 aliphatic carbocycles. The molecular formula is C23H23NO9. The van der Waals surface area contributed by atoms with Gasteiger partial charge in [0.15, 0.2) is 11.4 Å². The van der Waals surface area contributed by atoms with Gasteiger partial charge in [-0.1, -0.05) is 6.07 Å². The van der Waals surface area contributed by atoms with Crippen molar-refractivity contribution in [2.24, 2.45) is 17.6 Å². The van der Waals surface area contributed by atoms with Crippen molar-refractivity contribution < 1.29 is 44.3 Å². The number of hydrogen-bond donors (Lipinski definition) is 5. The van der Waals surface area contributed by atoms with Crippen molar-refractivity contribution >= 4 is 23.4 Å². The van der Waals surface area contributed by atoms with Crippen LogP contribution in [0.25, 0.3) is 0 Å². The molecule has 1 amide bonds. The van der Waals surface area contributed by atoms with Crippen LogP contribution in [0.1, 0.15) is 40.7 Å². The van der Waals surface area contributed by atoms with Crippen LogP contribution in [0.2, 0.25) is 0 Å². The zero-order valence-electron chi connectivity index (χ0n) is 17.8. The number of aliphatic hydroxyl groups is 3. The van der Waals surface area contributed by atoms with Crippen LogP contribution >= 0.6 is 0 Å². The monoisotopic (exact) mass is 457 g/mol. The number of primary amides is 1. The molecule has 0 heterocycles. The number of amides is 1. The number of aryl methyl sites for hydroxylation is 1. The summed E-state index contributed by atoms with van der Waals surface area (Å²) in [4.78, 5) is 49.5. The molecule has 0 aromatic heterocycles. The second kappa shape index (κ2) is 7.73. The van der Waals surface area contributed by atoms with E-state index in [0.717, 1.165) is 0 Å². The summed E-state index contributed by atoms with van der Waals surface area (Å²) >= 11 is 0. The summed E-state index contributed by atoms with van der Waals surface area (Å²) in [7, 11) is 1.26. The fraction of sp³-hybridized carbons (Fsp3) is 0.391. The van der Waals surface area contributed by atoms with E-state index < -0.39 is 58.0 Å². The van der Waals surface area contributed by atoms with Crippen LogP contribution in [0.4, 0.5) is 0 Å². The molecule has 0 bridgehead atoms. The van der Waals surface area contributed by atoms with E-state index in [-0.39, 0.29) is 49.0 Å². The summed E-state index contributed by atoms with van der Waals surface area (Å²) < 4.78 is 4.66. The maximum absolute atomic E-state index is 13.4. The van der Waals surface area contributed by atoms with Crippen LogP contribution in [0, 0.1) is 11.8 Å². The number of methoxy groups -OCH3 is 1. The van der Waals surface area contributed by atoms with Crippen molar-refractivity contribution in [3.05, 3.63) is 51.5 Å². The maximum atomic E-state index is 13.4. The van der Waals surface area contributed by atoms with E-state index >= 15 is 0 Å². The molecule has 1 aromatic rings. The minimum absolute atomic E-state index is 0.0506. The van der Waals surface area contributed by atoms with Crippen molar-refractivity contribution in [2.45, 2.75) is 37.7 Å². The molecular weight excluding hydrogens is 434 g/mol. The highest BCUT2D eigenvalue weighted by Gasteiger charge is 2.59. The Hall–Kier alpha value is -3.66.